The standard InChI is InChI=1S/C9H15NO/c1-3-8-11-9(2)6-4-5-7-10/h1,4-5,9H,6-8,10H2,2H3. The van der Waals surface area contributed by atoms with E-state index >= 15 is 0 Å². The van der Waals surface area contributed by atoms with Crippen LogP contribution in [0.15, 0.2) is 12.2 Å². The third kappa shape index (κ3) is 7.11. The maximum Gasteiger partial charge on any atom is 0.107 e. The Morgan fingerprint density at radius 2 is 2.36 bits per heavy atom. The van der Waals surface area contributed by atoms with Crippen LogP contribution in [-0.4, -0.2) is 19.3 Å². The number of nitrogens with two attached hydrogens (primary N) is 1. The molecule has 0 aromatic heterocycles. The Kier molecular flexibility index (Phi) is 6.81. The van der Waals surface area contributed by atoms with E-state index in [4.69, 9.17) is 16.9 Å². The number of rotatable bonds is 5. The number of ether oxygens (including phenoxy) is 1. The Hall–Kier alpha value is -0.780. The van der Waals surface area contributed by atoms with Crippen LogP contribution in [0, 0.1) is 12.3 Å². The molecular weight excluding hydrogens is 138 g/mol. The van der Waals surface area contributed by atoms with Crippen LogP contribution in [0.4, 0.5) is 0 Å². The molecule has 0 bridgehead atoms. The van der Waals surface area contributed by atoms with Crippen molar-refractivity contribution < 1.29 is 4.74 Å². The smallest absolute Gasteiger partial charge is 0.107 e. The summed E-state index contributed by atoms with van der Waals surface area (Å²) in [5.41, 5.74) is 5.25. The molecule has 0 heterocycles. The highest BCUT2D eigenvalue weighted by molar-refractivity contribution is 4.86. The summed E-state index contributed by atoms with van der Waals surface area (Å²) in [6, 6.07) is 0. The monoisotopic (exact) mass is 153 g/mol. The molecule has 0 radical (unpaired) electrons. The first-order valence-corrected chi connectivity index (χ1v) is 3.71. The summed E-state index contributed by atoms with van der Waals surface area (Å²) >= 11 is 0. The summed E-state index contributed by atoms with van der Waals surface area (Å²) in [4.78, 5) is 0. The molecule has 0 aliphatic rings. The van der Waals surface area contributed by atoms with E-state index in [9.17, 15) is 0 Å². The topological polar surface area (TPSA) is 35.2 Å². The minimum Gasteiger partial charge on any atom is -0.366 e. The van der Waals surface area contributed by atoms with Crippen molar-refractivity contribution in [3.05, 3.63) is 12.2 Å². The molecule has 2 nitrogen and oxygen atoms in total. The van der Waals surface area contributed by atoms with Crippen molar-refractivity contribution in [2.45, 2.75) is 19.4 Å². The molecule has 0 saturated heterocycles. The average molecular weight is 153 g/mol. The molecule has 0 aliphatic heterocycles. The van der Waals surface area contributed by atoms with Gasteiger partial charge in [0.1, 0.15) is 6.61 Å². The predicted molar refractivity (Wildman–Crippen MR) is 47.1 cm³/mol. The van der Waals surface area contributed by atoms with Gasteiger partial charge in [-0.2, -0.15) is 0 Å². The highest BCUT2D eigenvalue weighted by Crippen LogP contribution is 1.97. The molecule has 0 saturated carbocycles. The van der Waals surface area contributed by atoms with E-state index in [2.05, 4.69) is 5.92 Å². The van der Waals surface area contributed by atoms with Gasteiger partial charge in [0.2, 0.25) is 0 Å². The molecule has 0 rings (SSSR count). The van der Waals surface area contributed by atoms with Gasteiger partial charge in [0.15, 0.2) is 0 Å². The third-order valence-electron chi connectivity index (χ3n) is 1.22. The van der Waals surface area contributed by atoms with Crippen molar-refractivity contribution in [1.82, 2.24) is 0 Å². The lowest BCUT2D eigenvalue weighted by Gasteiger charge is -2.06. The van der Waals surface area contributed by atoms with Gasteiger partial charge in [-0.1, -0.05) is 18.1 Å². The van der Waals surface area contributed by atoms with Crippen LogP contribution in [0.2, 0.25) is 0 Å². The van der Waals surface area contributed by atoms with Crippen LogP contribution in [-0.2, 0) is 4.74 Å². The summed E-state index contributed by atoms with van der Waals surface area (Å²) in [6.45, 7) is 2.96. The third-order valence-corrected chi connectivity index (χ3v) is 1.22. The Morgan fingerprint density at radius 1 is 1.64 bits per heavy atom. The zero-order valence-corrected chi connectivity index (χ0v) is 6.92. The molecule has 0 fully saturated rings. The number of hydrogen-bond acceptors (Lipinski definition) is 2. The second-order valence-electron chi connectivity index (χ2n) is 2.27. The fraction of sp³-hybridized carbons (Fsp3) is 0.556. The summed E-state index contributed by atoms with van der Waals surface area (Å²) in [6.07, 6.45) is 9.99. The zero-order chi connectivity index (χ0) is 8.53. The Balaban J connectivity index is 3.30. The van der Waals surface area contributed by atoms with Crippen LogP contribution < -0.4 is 5.73 Å². The minimum absolute atomic E-state index is 0.189. The molecule has 0 aromatic rings. The molecule has 0 aliphatic carbocycles. The summed E-state index contributed by atoms with van der Waals surface area (Å²) < 4.78 is 5.21. The lowest BCUT2D eigenvalue weighted by atomic mass is 10.2. The molecule has 0 spiro atoms. The molecule has 0 aromatic carbocycles. The number of terminal acetylenes is 1. The summed E-state index contributed by atoms with van der Waals surface area (Å²) in [5, 5.41) is 0. The maximum atomic E-state index is 5.25. The van der Waals surface area contributed by atoms with Crippen molar-refractivity contribution in [2.75, 3.05) is 13.2 Å². The Labute approximate surface area is 68.4 Å². The molecule has 62 valence electrons. The SMILES string of the molecule is C#CCOC(C)CC=CCN. The first-order valence-electron chi connectivity index (χ1n) is 3.71. The van der Waals surface area contributed by atoms with E-state index in [0.717, 1.165) is 6.42 Å². The molecule has 2 N–H and O–H groups in total. The van der Waals surface area contributed by atoms with Crippen LogP contribution in [0.25, 0.3) is 0 Å². The lowest BCUT2D eigenvalue weighted by molar-refractivity contribution is 0.0946. The lowest BCUT2D eigenvalue weighted by Crippen LogP contribution is -2.06. The van der Waals surface area contributed by atoms with Gasteiger partial charge in [-0.15, -0.1) is 6.42 Å². The van der Waals surface area contributed by atoms with E-state index in [-0.39, 0.29) is 6.10 Å². The minimum atomic E-state index is 0.189. The van der Waals surface area contributed by atoms with Crippen molar-refractivity contribution in [1.29, 1.82) is 0 Å². The van der Waals surface area contributed by atoms with E-state index in [1.165, 1.54) is 0 Å². The molecule has 1 atom stereocenters. The fourth-order valence-electron chi connectivity index (χ4n) is 0.643. The van der Waals surface area contributed by atoms with Crippen molar-refractivity contribution in [3.63, 3.8) is 0 Å². The first kappa shape index (κ1) is 10.2. The van der Waals surface area contributed by atoms with Gasteiger partial charge in [0.25, 0.3) is 0 Å². The second kappa shape index (κ2) is 7.33. The van der Waals surface area contributed by atoms with Crippen LogP contribution in [0.3, 0.4) is 0 Å². The highest BCUT2D eigenvalue weighted by Gasteiger charge is 1.95. The quantitative estimate of drug-likeness (QED) is 0.471. The van der Waals surface area contributed by atoms with Crippen molar-refractivity contribution in [3.8, 4) is 12.3 Å². The van der Waals surface area contributed by atoms with Gasteiger partial charge in [-0.05, 0) is 13.3 Å². The van der Waals surface area contributed by atoms with E-state index in [1.807, 2.05) is 19.1 Å². The van der Waals surface area contributed by atoms with E-state index < -0.39 is 0 Å². The molecule has 2 heteroatoms. The Morgan fingerprint density at radius 3 is 2.91 bits per heavy atom. The van der Waals surface area contributed by atoms with Crippen molar-refractivity contribution in [2.24, 2.45) is 5.73 Å². The van der Waals surface area contributed by atoms with E-state index in [1.54, 1.807) is 0 Å². The van der Waals surface area contributed by atoms with Crippen LogP contribution in [0.5, 0.6) is 0 Å². The average Bonchev–Trinajstić information content (AvgIpc) is 2.01. The second-order valence-corrected chi connectivity index (χ2v) is 2.27. The largest absolute Gasteiger partial charge is 0.366 e. The summed E-state index contributed by atoms with van der Waals surface area (Å²) in [5.74, 6) is 2.42. The Bertz CT molecular complexity index is 146. The molecule has 11 heavy (non-hydrogen) atoms. The number of hydrogen-bond donors (Lipinski definition) is 1. The molecular formula is C9H15NO. The molecule has 1 unspecified atom stereocenters. The zero-order valence-electron chi connectivity index (χ0n) is 6.92. The molecule has 0 amide bonds. The van der Waals surface area contributed by atoms with Gasteiger partial charge in [0.05, 0.1) is 6.10 Å². The van der Waals surface area contributed by atoms with Gasteiger partial charge in [0, 0.05) is 6.54 Å². The van der Waals surface area contributed by atoms with Gasteiger partial charge < -0.3 is 10.5 Å². The van der Waals surface area contributed by atoms with Crippen molar-refractivity contribution >= 4 is 0 Å². The van der Waals surface area contributed by atoms with Gasteiger partial charge >= 0.3 is 0 Å². The van der Waals surface area contributed by atoms with E-state index in [0.29, 0.717) is 13.2 Å². The highest BCUT2D eigenvalue weighted by atomic mass is 16.5. The fourth-order valence-corrected chi connectivity index (χ4v) is 0.643. The van der Waals surface area contributed by atoms with Gasteiger partial charge in [-0.25, -0.2) is 0 Å². The normalized spacial score (nSPS) is 13.2. The van der Waals surface area contributed by atoms with Crippen LogP contribution in [0.1, 0.15) is 13.3 Å². The van der Waals surface area contributed by atoms with Gasteiger partial charge in [-0.3, -0.25) is 0 Å². The summed E-state index contributed by atoms with van der Waals surface area (Å²) in [7, 11) is 0. The first-order chi connectivity index (χ1) is 5.31. The maximum absolute atomic E-state index is 5.25. The predicted octanol–water partition coefficient (Wildman–Crippen LogP) is 0.930. The van der Waals surface area contributed by atoms with Crippen LogP contribution >= 0.6 is 0 Å².